The van der Waals surface area contributed by atoms with Crippen LogP contribution in [0, 0.1) is 0 Å². The van der Waals surface area contributed by atoms with E-state index in [0.717, 1.165) is 12.0 Å². The van der Waals surface area contributed by atoms with Gasteiger partial charge in [0.05, 0.1) is 6.54 Å². The van der Waals surface area contributed by atoms with Crippen molar-refractivity contribution in [3.05, 3.63) is 34.9 Å². The molecule has 0 aliphatic heterocycles. The third-order valence-corrected chi connectivity index (χ3v) is 3.45. The minimum Gasteiger partial charge on any atom is -0.338 e. The zero-order chi connectivity index (χ0) is 14.3. The number of likely N-dealkylation sites (N-methyl/N-ethyl adjacent to an activating group) is 1. The molecule has 0 aliphatic carbocycles. The predicted octanol–water partition coefficient (Wildman–Crippen LogP) is 3.08. The molecular weight excluding hydrogens is 260 g/mol. The first-order chi connectivity index (χ1) is 9.06. The van der Waals surface area contributed by atoms with Crippen LogP contribution in [0.3, 0.4) is 0 Å². The zero-order valence-electron chi connectivity index (χ0n) is 11.9. The molecule has 1 atom stereocenters. The fourth-order valence-electron chi connectivity index (χ4n) is 1.75. The lowest BCUT2D eigenvalue weighted by molar-refractivity contribution is -0.130. The van der Waals surface area contributed by atoms with Gasteiger partial charge in [-0.2, -0.15) is 0 Å². The molecule has 19 heavy (non-hydrogen) atoms. The van der Waals surface area contributed by atoms with E-state index in [9.17, 15) is 4.79 Å². The maximum atomic E-state index is 12.1. The zero-order valence-corrected chi connectivity index (χ0v) is 12.7. The van der Waals surface area contributed by atoms with E-state index in [1.807, 2.05) is 36.1 Å². The van der Waals surface area contributed by atoms with Crippen molar-refractivity contribution in [3.8, 4) is 0 Å². The van der Waals surface area contributed by atoms with Crippen LogP contribution in [0.2, 0.25) is 5.02 Å². The third-order valence-electron chi connectivity index (χ3n) is 3.21. The molecule has 3 nitrogen and oxygen atoms in total. The van der Waals surface area contributed by atoms with Crippen molar-refractivity contribution >= 4 is 17.5 Å². The second kappa shape index (κ2) is 8.18. The summed E-state index contributed by atoms with van der Waals surface area (Å²) in [4.78, 5) is 13.9. The maximum absolute atomic E-state index is 12.1. The van der Waals surface area contributed by atoms with Gasteiger partial charge in [0.2, 0.25) is 5.91 Å². The van der Waals surface area contributed by atoms with Crippen LogP contribution in [0.25, 0.3) is 0 Å². The van der Waals surface area contributed by atoms with Crippen molar-refractivity contribution in [1.82, 2.24) is 10.2 Å². The fraction of sp³-hybridized carbons (Fsp3) is 0.533. The number of carbonyl (C=O) groups is 1. The monoisotopic (exact) mass is 282 g/mol. The molecule has 1 unspecified atom stereocenters. The number of halogens is 1. The molecule has 4 heteroatoms. The van der Waals surface area contributed by atoms with Gasteiger partial charge in [-0.15, -0.1) is 0 Å². The summed E-state index contributed by atoms with van der Waals surface area (Å²) < 4.78 is 0. The van der Waals surface area contributed by atoms with Crippen LogP contribution in [0.15, 0.2) is 24.3 Å². The van der Waals surface area contributed by atoms with Gasteiger partial charge < -0.3 is 10.2 Å². The number of carbonyl (C=O) groups excluding carboxylic acids is 1. The highest BCUT2D eigenvalue weighted by atomic mass is 35.5. The van der Waals surface area contributed by atoms with E-state index >= 15 is 0 Å². The number of nitrogens with zero attached hydrogens (tertiary/aromatic N) is 1. The van der Waals surface area contributed by atoms with Gasteiger partial charge in [-0.3, -0.25) is 4.79 Å². The van der Waals surface area contributed by atoms with Crippen LogP contribution in [-0.2, 0) is 11.3 Å². The summed E-state index contributed by atoms with van der Waals surface area (Å²) in [6.45, 7) is 7.88. The quantitative estimate of drug-likeness (QED) is 0.834. The van der Waals surface area contributed by atoms with Crippen molar-refractivity contribution in [1.29, 1.82) is 0 Å². The molecule has 0 saturated carbocycles. The predicted molar refractivity (Wildman–Crippen MR) is 80.3 cm³/mol. The van der Waals surface area contributed by atoms with Gasteiger partial charge in [-0.05, 0) is 38.0 Å². The molecular formula is C15H23ClN2O. The lowest BCUT2D eigenvalue weighted by Crippen LogP contribution is -2.40. The van der Waals surface area contributed by atoms with Gasteiger partial charge in [0, 0.05) is 24.2 Å². The molecule has 0 heterocycles. The lowest BCUT2D eigenvalue weighted by atomic mass is 10.2. The van der Waals surface area contributed by atoms with E-state index in [2.05, 4.69) is 19.2 Å². The lowest BCUT2D eigenvalue weighted by Gasteiger charge is -2.22. The Hall–Kier alpha value is -1.06. The third kappa shape index (κ3) is 5.62. The summed E-state index contributed by atoms with van der Waals surface area (Å²) in [5.41, 5.74) is 1.06. The van der Waals surface area contributed by atoms with Gasteiger partial charge >= 0.3 is 0 Å². The molecule has 1 rings (SSSR count). The Kier molecular flexibility index (Phi) is 6.89. The van der Waals surface area contributed by atoms with Crippen LogP contribution in [-0.4, -0.2) is 29.9 Å². The number of rotatable bonds is 7. The van der Waals surface area contributed by atoms with E-state index in [4.69, 9.17) is 11.6 Å². The molecule has 0 spiro atoms. The minimum atomic E-state index is 0.128. The number of amides is 1. The Morgan fingerprint density at radius 1 is 1.42 bits per heavy atom. The molecule has 0 aliphatic rings. The topological polar surface area (TPSA) is 32.3 Å². The van der Waals surface area contributed by atoms with Gasteiger partial charge in [0.15, 0.2) is 0 Å². The Morgan fingerprint density at radius 2 is 2.16 bits per heavy atom. The van der Waals surface area contributed by atoms with Crippen molar-refractivity contribution in [2.75, 3.05) is 13.1 Å². The second-order valence-corrected chi connectivity index (χ2v) is 5.16. The van der Waals surface area contributed by atoms with Crippen LogP contribution >= 0.6 is 11.6 Å². The minimum absolute atomic E-state index is 0.128. The van der Waals surface area contributed by atoms with Crippen molar-refractivity contribution in [2.45, 2.75) is 39.8 Å². The van der Waals surface area contributed by atoms with Crippen LogP contribution in [0.5, 0.6) is 0 Å². The maximum Gasteiger partial charge on any atom is 0.236 e. The Balaban J connectivity index is 2.55. The highest BCUT2D eigenvalue weighted by Gasteiger charge is 2.12. The molecule has 1 aromatic carbocycles. The van der Waals surface area contributed by atoms with Gasteiger partial charge in [-0.25, -0.2) is 0 Å². The molecule has 0 radical (unpaired) electrons. The number of hydrogen-bond donors (Lipinski definition) is 1. The van der Waals surface area contributed by atoms with E-state index in [1.165, 1.54) is 0 Å². The Labute approximate surface area is 120 Å². The summed E-state index contributed by atoms with van der Waals surface area (Å²) in [5.74, 6) is 0.128. The molecule has 106 valence electrons. The second-order valence-electron chi connectivity index (χ2n) is 4.73. The van der Waals surface area contributed by atoms with Crippen molar-refractivity contribution in [3.63, 3.8) is 0 Å². The van der Waals surface area contributed by atoms with E-state index < -0.39 is 0 Å². The van der Waals surface area contributed by atoms with E-state index in [1.54, 1.807) is 0 Å². The van der Waals surface area contributed by atoms with Crippen LogP contribution < -0.4 is 5.32 Å². The standard InChI is InChI=1S/C15H23ClN2O/c1-4-12(3)17-10-15(19)18(5-2)11-13-7-6-8-14(16)9-13/h6-9,12,17H,4-5,10-11H2,1-3H3. The first-order valence-corrected chi connectivity index (χ1v) is 7.20. The molecule has 0 fully saturated rings. The average molecular weight is 283 g/mol. The fourth-order valence-corrected chi connectivity index (χ4v) is 1.96. The average Bonchev–Trinajstić information content (AvgIpc) is 2.41. The molecule has 1 amide bonds. The number of benzene rings is 1. The first kappa shape index (κ1) is 16.0. The molecule has 0 aromatic heterocycles. The summed E-state index contributed by atoms with van der Waals surface area (Å²) in [6, 6.07) is 8.01. The molecule has 0 bridgehead atoms. The van der Waals surface area contributed by atoms with Gasteiger partial charge in [0.1, 0.15) is 0 Å². The summed E-state index contributed by atoms with van der Waals surface area (Å²) >= 11 is 5.96. The summed E-state index contributed by atoms with van der Waals surface area (Å²) in [6.07, 6.45) is 1.02. The molecule has 1 aromatic rings. The van der Waals surface area contributed by atoms with E-state index in [0.29, 0.717) is 30.7 Å². The first-order valence-electron chi connectivity index (χ1n) is 6.82. The van der Waals surface area contributed by atoms with Crippen molar-refractivity contribution < 1.29 is 4.79 Å². The van der Waals surface area contributed by atoms with Gasteiger partial charge in [0.25, 0.3) is 0 Å². The number of nitrogens with one attached hydrogen (secondary N) is 1. The normalized spacial score (nSPS) is 12.2. The largest absolute Gasteiger partial charge is 0.338 e. The van der Waals surface area contributed by atoms with Crippen LogP contribution in [0.1, 0.15) is 32.8 Å². The SMILES string of the molecule is CCC(C)NCC(=O)N(CC)Cc1cccc(Cl)c1. The summed E-state index contributed by atoms with van der Waals surface area (Å²) in [5, 5.41) is 3.93. The smallest absolute Gasteiger partial charge is 0.236 e. The summed E-state index contributed by atoms with van der Waals surface area (Å²) in [7, 11) is 0. The molecule has 1 N–H and O–H groups in total. The van der Waals surface area contributed by atoms with Crippen molar-refractivity contribution in [2.24, 2.45) is 0 Å². The molecule has 0 saturated heterocycles. The highest BCUT2D eigenvalue weighted by Crippen LogP contribution is 2.12. The highest BCUT2D eigenvalue weighted by molar-refractivity contribution is 6.30. The van der Waals surface area contributed by atoms with Crippen LogP contribution in [0.4, 0.5) is 0 Å². The Morgan fingerprint density at radius 3 is 2.74 bits per heavy atom. The van der Waals surface area contributed by atoms with Gasteiger partial charge in [-0.1, -0.05) is 30.7 Å². The van der Waals surface area contributed by atoms with E-state index in [-0.39, 0.29) is 5.91 Å². The number of hydrogen-bond acceptors (Lipinski definition) is 2. The Bertz CT molecular complexity index is 409.